The van der Waals surface area contributed by atoms with Gasteiger partial charge in [0, 0.05) is 17.4 Å². The van der Waals surface area contributed by atoms with Crippen LogP contribution in [-0.2, 0) is 10.2 Å². The van der Waals surface area contributed by atoms with Crippen LogP contribution in [0.25, 0.3) is 0 Å². The molecule has 3 rings (SSSR count). The molecule has 0 heterocycles. The van der Waals surface area contributed by atoms with Crippen molar-refractivity contribution in [2.24, 2.45) is 0 Å². The first kappa shape index (κ1) is 28.8. The predicted octanol–water partition coefficient (Wildman–Crippen LogP) is 6.06. The van der Waals surface area contributed by atoms with Gasteiger partial charge in [0.15, 0.2) is 0 Å². The third-order valence-corrected chi connectivity index (χ3v) is 7.95. The molecular weight excluding hydrogens is 464 g/mol. The zero-order valence-corrected chi connectivity index (χ0v) is 22.8. The molecule has 0 unspecified atom stereocenters. The Hall–Kier alpha value is -2.81. The highest BCUT2D eigenvalue weighted by Crippen LogP contribution is 2.41. The number of benzene rings is 2. The molecule has 1 aliphatic rings. The average Bonchev–Trinajstić information content (AvgIpc) is 2.88. The molecule has 0 aliphatic heterocycles. The Kier molecular flexibility index (Phi) is 9.81. The number of aliphatic hydroxyl groups is 2. The maximum atomic E-state index is 10.8. The zero-order chi connectivity index (χ0) is 27.1. The number of ether oxygens (including phenoxy) is 1. The van der Waals surface area contributed by atoms with Crippen molar-refractivity contribution < 1.29 is 24.9 Å². The molecule has 1 atom stereocenters. The van der Waals surface area contributed by atoms with Gasteiger partial charge in [-0.25, -0.2) is 0 Å². The van der Waals surface area contributed by atoms with Crippen LogP contribution < -0.4 is 4.74 Å². The normalized spacial score (nSPS) is 15.9. The van der Waals surface area contributed by atoms with Crippen molar-refractivity contribution in [1.29, 1.82) is 0 Å². The molecule has 3 N–H and O–H groups in total. The van der Waals surface area contributed by atoms with Gasteiger partial charge < -0.3 is 20.1 Å². The zero-order valence-electron chi connectivity index (χ0n) is 22.8. The second-order valence-electron chi connectivity index (χ2n) is 10.5. The van der Waals surface area contributed by atoms with E-state index in [1.807, 2.05) is 13.0 Å². The van der Waals surface area contributed by atoms with Crippen LogP contribution in [0.1, 0.15) is 99.5 Å². The van der Waals surface area contributed by atoms with Crippen LogP contribution in [0.5, 0.6) is 5.75 Å². The third-order valence-electron chi connectivity index (χ3n) is 7.95. The molecule has 0 spiro atoms. The first-order valence-corrected chi connectivity index (χ1v) is 13.6. The summed E-state index contributed by atoms with van der Waals surface area (Å²) < 4.78 is 5.81. The number of aryl methyl sites for hydroxylation is 2. The van der Waals surface area contributed by atoms with Crippen LogP contribution in [0.2, 0.25) is 0 Å². The fourth-order valence-electron chi connectivity index (χ4n) is 5.45. The lowest BCUT2D eigenvalue weighted by Crippen LogP contribution is -2.29. The average molecular weight is 507 g/mol. The molecule has 0 bridgehead atoms. The summed E-state index contributed by atoms with van der Waals surface area (Å²) >= 11 is 0. The van der Waals surface area contributed by atoms with Crippen molar-refractivity contribution >= 4 is 5.97 Å². The van der Waals surface area contributed by atoms with Crippen molar-refractivity contribution in [3.8, 4) is 17.6 Å². The van der Waals surface area contributed by atoms with Gasteiger partial charge in [0.05, 0.1) is 6.10 Å². The fourth-order valence-corrected chi connectivity index (χ4v) is 5.45. The van der Waals surface area contributed by atoms with Crippen molar-refractivity contribution in [3.05, 3.63) is 64.2 Å². The summed E-state index contributed by atoms with van der Waals surface area (Å²) in [4.78, 5) is 10.7. The fraction of sp³-hybridized carbons (Fsp3) is 0.531. The summed E-state index contributed by atoms with van der Waals surface area (Å²) in [5.74, 6) is 6.20. The second-order valence-corrected chi connectivity index (χ2v) is 10.5. The summed E-state index contributed by atoms with van der Waals surface area (Å²) in [6, 6.07) is 12.7. The Labute approximate surface area is 221 Å². The van der Waals surface area contributed by atoms with Gasteiger partial charge in [-0.3, -0.25) is 4.79 Å². The van der Waals surface area contributed by atoms with E-state index >= 15 is 0 Å². The van der Waals surface area contributed by atoms with Gasteiger partial charge in [-0.05, 0) is 93.2 Å². The van der Waals surface area contributed by atoms with Gasteiger partial charge in [0.1, 0.15) is 18.0 Å². The Morgan fingerprint density at radius 1 is 1.03 bits per heavy atom. The van der Waals surface area contributed by atoms with E-state index in [1.165, 1.54) is 17.5 Å². The highest BCUT2D eigenvalue weighted by atomic mass is 16.5. The first-order chi connectivity index (χ1) is 17.6. The molecular formula is C32H42O5. The SMILES string of the molecule is CCC(CC)(c1ccc(C#CC2(O)CCCCC2)c(C)c1)c1ccc(OC[C@H](O)CCC(=O)O)c(C)c1. The molecule has 0 aromatic heterocycles. The van der Waals surface area contributed by atoms with E-state index in [1.54, 1.807) is 0 Å². The van der Waals surface area contributed by atoms with Gasteiger partial charge in [-0.1, -0.05) is 56.4 Å². The molecule has 1 saturated carbocycles. The van der Waals surface area contributed by atoms with Crippen molar-refractivity contribution in [1.82, 2.24) is 0 Å². The van der Waals surface area contributed by atoms with Crippen LogP contribution >= 0.6 is 0 Å². The van der Waals surface area contributed by atoms with E-state index in [2.05, 4.69) is 62.9 Å². The van der Waals surface area contributed by atoms with Crippen LogP contribution in [-0.4, -0.2) is 39.6 Å². The van der Waals surface area contributed by atoms with Gasteiger partial charge in [0.2, 0.25) is 0 Å². The Bertz CT molecular complexity index is 1130. The number of aliphatic hydroxyl groups excluding tert-OH is 1. The summed E-state index contributed by atoms with van der Waals surface area (Å²) in [6.45, 7) is 8.58. The number of aliphatic carboxylic acids is 1. The molecule has 1 aliphatic carbocycles. The number of hydrogen-bond donors (Lipinski definition) is 3. The van der Waals surface area contributed by atoms with E-state index in [0.717, 1.165) is 55.2 Å². The number of hydrogen-bond acceptors (Lipinski definition) is 4. The van der Waals surface area contributed by atoms with E-state index in [9.17, 15) is 15.0 Å². The first-order valence-electron chi connectivity index (χ1n) is 13.6. The Morgan fingerprint density at radius 2 is 1.65 bits per heavy atom. The van der Waals surface area contributed by atoms with E-state index in [-0.39, 0.29) is 24.9 Å². The van der Waals surface area contributed by atoms with Crippen molar-refractivity contribution in [2.75, 3.05) is 6.61 Å². The predicted molar refractivity (Wildman–Crippen MR) is 147 cm³/mol. The topological polar surface area (TPSA) is 87.0 Å². The minimum absolute atomic E-state index is 0.0665. The lowest BCUT2D eigenvalue weighted by Gasteiger charge is -2.34. The molecule has 2 aromatic carbocycles. The molecule has 37 heavy (non-hydrogen) atoms. The van der Waals surface area contributed by atoms with E-state index in [0.29, 0.717) is 5.75 Å². The molecule has 1 fully saturated rings. The molecule has 0 amide bonds. The summed E-state index contributed by atoms with van der Waals surface area (Å²) in [6.07, 6.45) is 5.89. The number of carboxylic acids is 1. The smallest absolute Gasteiger partial charge is 0.303 e. The van der Waals surface area contributed by atoms with Crippen LogP contribution in [0, 0.1) is 25.7 Å². The molecule has 5 heteroatoms. The van der Waals surface area contributed by atoms with Crippen molar-refractivity contribution in [3.63, 3.8) is 0 Å². The van der Waals surface area contributed by atoms with E-state index < -0.39 is 17.7 Å². The minimum atomic E-state index is -0.924. The summed E-state index contributed by atoms with van der Waals surface area (Å²) in [5, 5.41) is 29.6. The lowest BCUT2D eigenvalue weighted by atomic mass is 9.70. The highest BCUT2D eigenvalue weighted by Gasteiger charge is 2.32. The molecule has 0 radical (unpaired) electrons. The van der Waals surface area contributed by atoms with Gasteiger partial charge in [-0.15, -0.1) is 0 Å². The molecule has 200 valence electrons. The lowest BCUT2D eigenvalue weighted by molar-refractivity contribution is -0.137. The van der Waals surface area contributed by atoms with Crippen molar-refractivity contribution in [2.45, 2.75) is 103 Å². The van der Waals surface area contributed by atoms with Gasteiger partial charge in [-0.2, -0.15) is 0 Å². The van der Waals surface area contributed by atoms with Crippen LogP contribution in [0.15, 0.2) is 36.4 Å². The minimum Gasteiger partial charge on any atom is -0.491 e. The molecule has 0 saturated heterocycles. The van der Waals surface area contributed by atoms with Gasteiger partial charge in [0.25, 0.3) is 0 Å². The van der Waals surface area contributed by atoms with E-state index in [4.69, 9.17) is 9.84 Å². The second kappa shape index (κ2) is 12.6. The quantitative estimate of drug-likeness (QED) is 0.341. The van der Waals surface area contributed by atoms with Gasteiger partial charge >= 0.3 is 5.97 Å². The summed E-state index contributed by atoms with van der Waals surface area (Å²) in [7, 11) is 0. The van der Waals surface area contributed by atoms with Crippen LogP contribution in [0.4, 0.5) is 0 Å². The number of carbonyl (C=O) groups is 1. The maximum Gasteiger partial charge on any atom is 0.303 e. The van der Waals surface area contributed by atoms with Crippen LogP contribution in [0.3, 0.4) is 0 Å². The maximum absolute atomic E-state index is 10.8. The monoisotopic (exact) mass is 506 g/mol. The number of rotatable bonds is 10. The highest BCUT2D eigenvalue weighted by molar-refractivity contribution is 5.66. The third kappa shape index (κ3) is 7.15. The standard InChI is InChI=1S/C32H42O5/c1-5-32(6-2,27-12-14-29(24(4)21-27)37-22-28(33)13-15-30(34)35)26-11-10-25(23(3)20-26)16-19-31(36)17-8-7-9-18-31/h10-12,14,20-21,28,33,36H,5-9,13,15,17-18,22H2,1-4H3,(H,34,35)/t28-/m1/s1. The Morgan fingerprint density at radius 3 is 2.22 bits per heavy atom. The Balaban J connectivity index is 1.82. The molecule has 5 nitrogen and oxygen atoms in total. The largest absolute Gasteiger partial charge is 0.491 e. The number of carboxylic acid groups (broad SMARTS) is 1. The summed E-state index contributed by atoms with van der Waals surface area (Å²) in [5.41, 5.74) is 4.50. The molecule has 2 aromatic rings.